The van der Waals surface area contributed by atoms with Crippen LogP contribution in [0.1, 0.15) is 11.8 Å². The van der Waals surface area contributed by atoms with Crippen LogP contribution in [0.3, 0.4) is 0 Å². The number of nitrogens with zero attached hydrogens (tertiary/aromatic N) is 1. The van der Waals surface area contributed by atoms with E-state index < -0.39 is 42.4 Å². The highest BCUT2D eigenvalue weighted by Gasteiger charge is 2.43. The van der Waals surface area contributed by atoms with Crippen molar-refractivity contribution in [2.45, 2.75) is 31.1 Å². The van der Waals surface area contributed by atoms with Crippen molar-refractivity contribution in [1.29, 1.82) is 0 Å². The van der Waals surface area contributed by atoms with Crippen molar-refractivity contribution in [3.8, 4) is 0 Å². The molecular weight excluding hydrogens is 258 g/mol. The van der Waals surface area contributed by atoms with E-state index in [1.807, 2.05) is 4.98 Å². The van der Waals surface area contributed by atoms with E-state index in [9.17, 15) is 19.8 Å². The SMILES string of the molecule is NCc1cn([C@H]2O[C@@H](CO)C(O)C2O)c(=O)[nH]c1=O. The average Bonchev–Trinajstić information content (AvgIpc) is 2.67. The van der Waals surface area contributed by atoms with Crippen LogP contribution in [0.4, 0.5) is 0 Å². The Labute approximate surface area is 106 Å². The maximum Gasteiger partial charge on any atom is 0.330 e. The summed E-state index contributed by atoms with van der Waals surface area (Å²) >= 11 is 0. The Hall–Kier alpha value is -1.52. The van der Waals surface area contributed by atoms with E-state index in [-0.39, 0.29) is 12.1 Å². The van der Waals surface area contributed by atoms with Crippen LogP contribution in [-0.2, 0) is 11.3 Å². The molecule has 1 aromatic heterocycles. The zero-order valence-electron chi connectivity index (χ0n) is 9.89. The summed E-state index contributed by atoms with van der Waals surface area (Å²) in [5.74, 6) is 0. The molecule has 0 spiro atoms. The highest BCUT2D eigenvalue weighted by Crippen LogP contribution is 2.27. The molecule has 0 aliphatic carbocycles. The monoisotopic (exact) mass is 273 g/mol. The highest BCUT2D eigenvalue weighted by atomic mass is 16.6. The summed E-state index contributed by atoms with van der Waals surface area (Å²) in [5.41, 5.74) is 4.08. The van der Waals surface area contributed by atoms with Crippen LogP contribution in [0.5, 0.6) is 0 Å². The highest BCUT2D eigenvalue weighted by molar-refractivity contribution is 5.05. The third kappa shape index (κ3) is 2.33. The van der Waals surface area contributed by atoms with Gasteiger partial charge in [-0.2, -0.15) is 0 Å². The summed E-state index contributed by atoms with van der Waals surface area (Å²) < 4.78 is 6.13. The minimum absolute atomic E-state index is 0.0928. The predicted molar refractivity (Wildman–Crippen MR) is 62.2 cm³/mol. The second-order valence-electron chi connectivity index (χ2n) is 4.25. The molecule has 2 rings (SSSR count). The van der Waals surface area contributed by atoms with Gasteiger partial charge < -0.3 is 25.8 Å². The Morgan fingerprint density at radius 3 is 2.58 bits per heavy atom. The fourth-order valence-corrected chi connectivity index (χ4v) is 1.97. The molecule has 19 heavy (non-hydrogen) atoms. The van der Waals surface area contributed by atoms with Gasteiger partial charge in [-0.15, -0.1) is 0 Å². The van der Waals surface area contributed by atoms with E-state index >= 15 is 0 Å². The number of aromatic nitrogens is 2. The number of nitrogens with two attached hydrogens (primary N) is 1. The van der Waals surface area contributed by atoms with Crippen molar-refractivity contribution < 1.29 is 20.1 Å². The van der Waals surface area contributed by atoms with Crippen LogP contribution in [0.15, 0.2) is 15.8 Å². The minimum Gasteiger partial charge on any atom is -0.394 e. The predicted octanol–water partition coefficient (Wildman–Crippen LogP) is -3.39. The van der Waals surface area contributed by atoms with Gasteiger partial charge >= 0.3 is 5.69 Å². The first-order valence-corrected chi connectivity index (χ1v) is 5.66. The molecular formula is C10H15N3O6. The van der Waals surface area contributed by atoms with Crippen molar-refractivity contribution in [3.05, 3.63) is 32.6 Å². The van der Waals surface area contributed by atoms with Gasteiger partial charge in [0.1, 0.15) is 18.3 Å². The lowest BCUT2D eigenvalue weighted by Gasteiger charge is -2.17. The standard InChI is InChI=1S/C10H15N3O6/c11-1-4-2-13(10(18)12-8(4)17)9-7(16)6(15)5(3-14)19-9/h2,5-7,9,14-16H,1,3,11H2,(H,12,17,18)/t5-,6?,7?,9-/m0/s1. The first kappa shape index (κ1) is 13.9. The maximum atomic E-state index is 11.7. The van der Waals surface area contributed by atoms with E-state index in [0.29, 0.717) is 0 Å². The van der Waals surface area contributed by atoms with Crippen LogP contribution in [0.25, 0.3) is 0 Å². The van der Waals surface area contributed by atoms with Crippen LogP contribution in [-0.4, -0.2) is 49.8 Å². The number of rotatable bonds is 3. The number of H-pyrrole nitrogens is 1. The lowest BCUT2D eigenvalue weighted by atomic mass is 10.1. The van der Waals surface area contributed by atoms with Gasteiger partial charge in [-0.1, -0.05) is 0 Å². The van der Waals surface area contributed by atoms with E-state index in [2.05, 4.69) is 0 Å². The lowest BCUT2D eigenvalue weighted by Crippen LogP contribution is -2.39. The number of aliphatic hydroxyl groups excluding tert-OH is 3. The molecule has 4 atom stereocenters. The summed E-state index contributed by atoms with van der Waals surface area (Å²) in [6.45, 7) is -0.596. The van der Waals surface area contributed by atoms with Crippen LogP contribution in [0.2, 0.25) is 0 Å². The van der Waals surface area contributed by atoms with Crippen LogP contribution in [0, 0.1) is 0 Å². The molecule has 1 aromatic rings. The Bertz CT molecular complexity index is 567. The molecule has 9 nitrogen and oxygen atoms in total. The van der Waals surface area contributed by atoms with Crippen molar-refractivity contribution in [1.82, 2.24) is 9.55 Å². The first-order chi connectivity index (χ1) is 8.99. The van der Waals surface area contributed by atoms with Gasteiger partial charge in [-0.05, 0) is 0 Å². The molecule has 2 heterocycles. The van der Waals surface area contributed by atoms with E-state index in [4.69, 9.17) is 15.6 Å². The number of ether oxygens (including phenoxy) is 1. The van der Waals surface area contributed by atoms with Crippen LogP contribution < -0.4 is 17.0 Å². The molecule has 2 unspecified atom stereocenters. The average molecular weight is 273 g/mol. The van der Waals surface area contributed by atoms with Gasteiger partial charge in [0, 0.05) is 18.3 Å². The summed E-state index contributed by atoms with van der Waals surface area (Å²) in [5, 5.41) is 28.4. The summed E-state index contributed by atoms with van der Waals surface area (Å²) in [6.07, 6.45) is -3.75. The van der Waals surface area contributed by atoms with Crippen molar-refractivity contribution in [2.75, 3.05) is 6.61 Å². The zero-order valence-corrected chi connectivity index (χ0v) is 9.89. The zero-order chi connectivity index (χ0) is 14.2. The number of nitrogens with one attached hydrogen (secondary N) is 1. The number of hydrogen-bond donors (Lipinski definition) is 5. The van der Waals surface area contributed by atoms with Crippen molar-refractivity contribution in [3.63, 3.8) is 0 Å². The van der Waals surface area contributed by atoms with Gasteiger partial charge in [0.25, 0.3) is 5.56 Å². The molecule has 1 aliphatic rings. The normalized spacial score (nSPS) is 30.7. The topological polar surface area (TPSA) is 151 Å². The van der Waals surface area contributed by atoms with Gasteiger partial charge in [0.15, 0.2) is 6.23 Å². The van der Waals surface area contributed by atoms with Gasteiger partial charge in [-0.25, -0.2) is 4.79 Å². The quantitative estimate of drug-likeness (QED) is 0.385. The van der Waals surface area contributed by atoms with E-state index in [1.54, 1.807) is 0 Å². The smallest absolute Gasteiger partial charge is 0.330 e. The molecule has 9 heteroatoms. The molecule has 6 N–H and O–H groups in total. The molecule has 106 valence electrons. The summed E-state index contributed by atoms with van der Waals surface area (Å²) in [6, 6.07) is 0. The Morgan fingerprint density at radius 1 is 1.37 bits per heavy atom. The van der Waals surface area contributed by atoms with Gasteiger partial charge in [0.2, 0.25) is 0 Å². The third-order valence-corrected chi connectivity index (χ3v) is 3.05. The third-order valence-electron chi connectivity index (χ3n) is 3.05. The number of aliphatic hydroxyl groups is 3. The molecule has 0 amide bonds. The molecule has 0 saturated carbocycles. The fraction of sp³-hybridized carbons (Fsp3) is 0.600. The van der Waals surface area contributed by atoms with Crippen molar-refractivity contribution in [2.24, 2.45) is 5.73 Å². The van der Waals surface area contributed by atoms with Crippen molar-refractivity contribution >= 4 is 0 Å². The Kier molecular flexibility index (Phi) is 3.83. The fourth-order valence-electron chi connectivity index (χ4n) is 1.97. The molecule has 0 aromatic carbocycles. The summed E-state index contributed by atoms with van der Waals surface area (Å²) in [4.78, 5) is 25.1. The van der Waals surface area contributed by atoms with Crippen LogP contribution >= 0.6 is 0 Å². The molecule has 0 bridgehead atoms. The molecule has 0 radical (unpaired) electrons. The number of hydrogen-bond acceptors (Lipinski definition) is 7. The molecule has 1 aliphatic heterocycles. The molecule has 1 saturated heterocycles. The summed E-state index contributed by atoms with van der Waals surface area (Å²) in [7, 11) is 0. The van der Waals surface area contributed by atoms with Gasteiger partial charge in [0.05, 0.1) is 6.61 Å². The van der Waals surface area contributed by atoms with E-state index in [1.165, 1.54) is 6.20 Å². The maximum absolute atomic E-state index is 11.7. The first-order valence-electron chi connectivity index (χ1n) is 5.66. The van der Waals surface area contributed by atoms with E-state index in [0.717, 1.165) is 4.57 Å². The van der Waals surface area contributed by atoms with Gasteiger partial charge in [-0.3, -0.25) is 14.3 Å². The second kappa shape index (κ2) is 5.23. The Balaban J connectivity index is 2.43. The Morgan fingerprint density at radius 2 is 2.05 bits per heavy atom. The number of aromatic amines is 1. The minimum atomic E-state index is -1.40. The molecule has 1 fully saturated rings. The lowest BCUT2D eigenvalue weighted by molar-refractivity contribution is -0.0551. The second-order valence-corrected chi connectivity index (χ2v) is 4.25. The largest absolute Gasteiger partial charge is 0.394 e.